The van der Waals surface area contributed by atoms with Gasteiger partial charge in [-0.3, -0.25) is 4.68 Å². The van der Waals surface area contributed by atoms with Crippen LogP contribution in [0.25, 0.3) is 0 Å². The predicted molar refractivity (Wildman–Crippen MR) is 65.4 cm³/mol. The van der Waals surface area contributed by atoms with Gasteiger partial charge in [0.2, 0.25) is 0 Å². The SMILES string of the molecule is FC(F)c1c(CBr)cnn1Cc1ccccc1. The molecule has 0 aliphatic heterocycles. The number of benzene rings is 1. The highest BCUT2D eigenvalue weighted by atomic mass is 79.9. The van der Waals surface area contributed by atoms with Gasteiger partial charge in [-0.05, 0) is 5.56 Å². The molecule has 0 saturated carbocycles. The van der Waals surface area contributed by atoms with Crippen LogP contribution in [0.15, 0.2) is 36.5 Å². The first-order valence-corrected chi connectivity index (χ1v) is 6.27. The standard InChI is InChI=1S/C12H11BrF2N2/c13-6-10-7-16-17(11(10)12(14)15)8-9-4-2-1-3-5-9/h1-5,7,12H,6,8H2. The molecule has 0 unspecified atom stereocenters. The molecular weight excluding hydrogens is 290 g/mol. The van der Waals surface area contributed by atoms with E-state index in [1.54, 1.807) is 0 Å². The molecular formula is C12H11BrF2N2. The smallest absolute Gasteiger partial charge is 0.259 e. The minimum absolute atomic E-state index is 0.00859. The van der Waals surface area contributed by atoms with Crippen LogP contribution in [0.3, 0.4) is 0 Å². The summed E-state index contributed by atoms with van der Waals surface area (Å²) in [6.45, 7) is 0.369. The first-order chi connectivity index (χ1) is 8.22. The zero-order valence-corrected chi connectivity index (χ0v) is 10.6. The third-order valence-corrected chi connectivity index (χ3v) is 3.09. The van der Waals surface area contributed by atoms with E-state index in [9.17, 15) is 8.78 Å². The van der Waals surface area contributed by atoms with E-state index in [0.29, 0.717) is 17.4 Å². The molecule has 0 radical (unpaired) electrons. The first kappa shape index (κ1) is 12.2. The number of alkyl halides is 3. The number of rotatable bonds is 4. The molecule has 0 aliphatic rings. The molecule has 17 heavy (non-hydrogen) atoms. The minimum atomic E-state index is -2.51. The van der Waals surface area contributed by atoms with Crippen molar-refractivity contribution in [3.63, 3.8) is 0 Å². The Morgan fingerprint density at radius 2 is 1.94 bits per heavy atom. The summed E-state index contributed by atoms with van der Waals surface area (Å²) in [5, 5.41) is 4.40. The van der Waals surface area contributed by atoms with Crippen LogP contribution in [0.2, 0.25) is 0 Å². The van der Waals surface area contributed by atoms with Gasteiger partial charge < -0.3 is 0 Å². The fraction of sp³-hybridized carbons (Fsp3) is 0.250. The summed E-state index contributed by atoms with van der Waals surface area (Å²) in [5.74, 6) is 0. The minimum Gasteiger partial charge on any atom is -0.259 e. The van der Waals surface area contributed by atoms with Gasteiger partial charge in [0.05, 0.1) is 12.7 Å². The average Bonchev–Trinajstić information content (AvgIpc) is 2.73. The lowest BCUT2D eigenvalue weighted by Gasteiger charge is -2.08. The van der Waals surface area contributed by atoms with Gasteiger partial charge in [0, 0.05) is 10.9 Å². The lowest BCUT2D eigenvalue weighted by atomic mass is 10.2. The topological polar surface area (TPSA) is 17.8 Å². The van der Waals surface area contributed by atoms with Crippen molar-refractivity contribution in [1.82, 2.24) is 9.78 Å². The van der Waals surface area contributed by atoms with Gasteiger partial charge >= 0.3 is 0 Å². The van der Waals surface area contributed by atoms with Gasteiger partial charge in [-0.15, -0.1) is 0 Å². The molecule has 2 nitrogen and oxygen atoms in total. The van der Waals surface area contributed by atoms with Crippen molar-refractivity contribution in [3.05, 3.63) is 53.3 Å². The molecule has 1 aromatic carbocycles. The third kappa shape index (κ3) is 2.72. The van der Waals surface area contributed by atoms with Crippen molar-refractivity contribution in [2.45, 2.75) is 18.3 Å². The Kier molecular flexibility index (Phi) is 3.89. The van der Waals surface area contributed by atoms with Crippen LogP contribution in [-0.4, -0.2) is 9.78 Å². The Bertz CT molecular complexity index is 483. The van der Waals surface area contributed by atoms with Crippen molar-refractivity contribution >= 4 is 15.9 Å². The molecule has 0 spiro atoms. The molecule has 1 heterocycles. The predicted octanol–water partition coefficient (Wildman–Crippen LogP) is 3.76. The Morgan fingerprint density at radius 3 is 2.53 bits per heavy atom. The van der Waals surface area contributed by atoms with Crippen molar-refractivity contribution in [3.8, 4) is 0 Å². The van der Waals surface area contributed by atoms with Crippen molar-refractivity contribution < 1.29 is 8.78 Å². The quantitative estimate of drug-likeness (QED) is 0.786. The highest BCUT2D eigenvalue weighted by molar-refractivity contribution is 9.08. The maximum Gasteiger partial charge on any atom is 0.280 e. The van der Waals surface area contributed by atoms with E-state index in [2.05, 4.69) is 21.0 Å². The van der Waals surface area contributed by atoms with Crippen LogP contribution < -0.4 is 0 Å². The van der Waals surface area contributed by atoms with Crippen LogP contribution in [-0.2, 0) is 11.9 Å². The number of halogens is 3. The normalized spacial score (nSPS) is 11.1. The molecule has 0 N–H and O–H groups in total. The van der Waals surface area contributed by atoms with Crippen LogP contribution >= 0.6 is 15.9 Å². The average molecular weight is 301 g/mol. The second-order valence-electron chi connectivity index (χ2n) is 3.63. The number of nitrogens with zero attached hydrogens (tertiary/aromatic N) is 2. The molecule has 1 aromatic heterocycles. The van der Waals surface area contributed by atoms with Gasteiger partial charge in [0.1, 0.15) is 5.69 Å². The molecule has 0 bridgehead atoms. The molecule has 0 saturated heterocycles. The Hall–Kier alpha value is -1.23. The van der Waals surface area contributed by atoms with E-state index >= 15 is 0 Å². The summed E-state index contributed by atoms with van der Waals surface area (Å²) in [6.07, 6.45) is -1.02. The molecule has 2 aromatic rings. The van der Waals surface area contributed by atoms with E-state index in [0.717, 1.165) is 5.56 Å². The summed E-state index contributed by atoms with van der Waals surface area (Å²) in [5.41, 5.74) is 1.49. The van der Waals surface area contributed by atoms with Crippen molar-refractivity contribution in [2.75, 3.05) is 0 Å². The zero-order chi connectivity index (χ0) is 12.3. The maximum atomic E-state index is 12.9. The summed E-state index contributed by atoms with van der Waals surface area (Å²) >= 11 is 3.19. The molecule has 2 rings (SSSR count). The Balaban J connectivity index is 2.30. The van der Waals surface area contributed by atoms with Crippen molar-refractivity contribution in [2.24, 2.45) is 0 Å². The summed E-state index contributed by atoms with van der Waals surface area (Å²) in [6, 6.07) is 9.44. The summed E-state index contributed by atoms with van der Waals surface area (Å²) in [7, 11) is 0. The van der Waals surface area contributed by atoms with Gasteiger partial charge in [0.15, 0.2) is 0 Å². The summed E-state index contributed by atoms with van der Waals surface area (Å²) in [4.78, 5) is 0. The summed E-state index contributed by atoms with van der Waals surface area (Å²) < 4.78 is 27.2. The van der Waals surface area contributed by atoms with Crippen LogP contribution in [0.4, 0.5) is 8.78 Å². The second kappa shape index (κ2) is 5.40. The number of hydrogen-bond acceptors (Lipinski definition) is 1. The fourth-order valence-electron chi connectivity index (χ4n) is 1.67. The van der Waals surface area contributed by atoms with E-state index in [1.165, 1.54) is 10.9 Å². The highest BCUT2D eigenvalue weighted by Crippen LogP contribution is 2.25. The van der Waals surface area contributed by atoms with Crippen LogP contribution in [0.5, 0.6) is 0 Å². The van der Waals surface area contributed by atoms with Gasteiger partial charge in [0.25, 0.3) is 6.43 Å². The molecule has 0 fully saturated rings. The van der Waals surface area contributed by atoms with E-state index in [4.69, 9.17) is 0 Å². The van der Waals surface area contributed by atoms with Crippen molar-refractivity contribution in [1.29, 1.82) is 0 Å². The Morgan fingerprint density at radius 1 is 1.24 bits per heavy atom. The highest BCUT2D eigenvalue weighted by Gasteiger charge is 2.19. The van der Waals surface area contributed by atoms with Gasteiger partial charge in [-0.2, -0.15) is 5.10 Å². The van der Waals surface area contributed by atoms with E-state index in [-0.39, 0.29) is 5.69 Å². The largest absolute Gasteiger partial charge is 0.280 e. The number of hydrogen-bond donors (Lipinski definition) is 0. The third-order valence-electron chi connectivity index (χ3n) is 2.49. The lowest BCUT2D eigenvalue weighted by molar-refractivity contribution is 0.139. The lowest BCUT2D eigenvalue weighted by Crippen LogP contribution is -2.07. The van der Waals surface area contributed by atoms with Gasteiger partial charge in [-0.1, -0.05) is 46.3 Å². The molecule has 0 aliphatic carbocycles. The molecule has 5 heteroatoms. The maximum absolute atomic E-state index is 12.9. The Labute approximate surface area is 106 Å². The molecule has 90 valence electrons. The molecule has 0 atom stereocenters. The molecule has 0 amide bonds. The number of aromatic nitrogens is 2. The monoisotopic (exact) mass is 300 g/mol. The first-order valence-electron chi connectivity index (χ1n) is 5.15. The second-order valence-corrected chi connectivity index (χ2v) is 4.19. The fourth-order valence-corrected chi connectivity index (χ4v) is 2.10. The van der Waals surface area contributed by atoms with Crippen LogP contribution in [0.1, 0.15) is 23.2 Å². The zero-order valence-electron chi connectivity index (χ0n) is 8.98. The van der Waals surface area contributed by atoms with Gasteiger partial charge in [-0.25, -0.2) is 8.78 Å². The van der Waals surface area contributed by atoms with E-state index < -0.39 is 6.43 Å². The van der Waals surface area contributed by atoms with E-state index in [1.807, 2.05) is 30.3 Å². The van der Waals surface area contributed by atoms with Crippen LogP contribution in [0, 0.1) is 0 Å².